The van der Waals surface area contributed by atoms with Crippen LogP contribution in [0.3, 0.4) is 0 Å². The molecule has 0 amide bonds. The van der Waals surface area contributed by atoms with Gasteiger partial charge < -0.3 is 9.84 Å². The summed E-state index contributed by atoms with van der Waals surface area (Å²) in [7, 11) is -1.84. The second-order valence-corrected chi connectivity index (χ2v) is 11.6. The zero-order valence-electron chi connectivity index (χ0n) is 21.3. The summed E-state index contributed by atoms with van der Waals surface area (Å²) in [6, 6.07) is 16.7. The smallest absolute Gasteiger partial charge is 0.247 e. The average molecular weight is 510 g/mol. The number of hydrogen-bond acceptors (Lipinski definition) is 6. The Balaban J connectivity index is 1.74. The van der Waals surface area contributed by atoms with Gasteiger partial charge in [0.05, 0.1) is 6.61 Å². The predicted molar refractivity (Wildman–Crippen MR) is 141 cm³/mol. The maximum atomic E-state index is 13.7. The van der Waals surface area contributed by atoms with Crippen molar-refractivity contribution in [1.29, 1.82) is 0 Å². The van der Waals surface area contributed by atoms with Crippen molar-refractivity contribution in [2.24, 2.45) is 5.92 Å². The Kier molecular flexibility index (Phi) is 8.10. The molecule has 1 aromatic heterocycles. The van der Waals surface area contributed by atoms with Gasteiger partial charge in [0.25, 0.3) is 0 Å². The lowest BCUT2D eigenvalue weighted by molar-refractivity contribution is 0.0734. The largest absolute Gasteiger partial charge is 0.487 e. The minimum atomic E-state index is -3.87. The lowest BCUT2D eigenvalue weighted by Crippen LogP contribution is -2.49. The number of aryl methyl sites for hydroxylation is 1. The van der Waals surface area contributed by atoms with Crippen LogP contribution >= 0.6 is 0 Å². The normalized spacial score (nSPS) is 20.7. The van der Waals surface area contributed by atoms with Gasteiger partial charge in [-0.05, 0) is 67.4 Å². The monoisotopic (exact) mass is 509 g/mol. The molecule has 1 N–H and O–H groups in total. The number of sulfonamides is 1. The number of benzene rings is 2. The molecule has 0 radical (unpaired) electrons. The SMILES string of the molecule is Cc1ccccc1-c1ccc2c(c1)O[C@H](CN(C)Cc1ccncc1)[C@@H](C)CN([C@H](C)CO)S2(=O)=O. The molecule has 192 valence electrons. The standard InChI is InChI=1S/C28H35N3O4S/c1-20-7-5-6-8-25(20)24-9-10-28-26(15-24)35-27(18-30(4)17-23-11-13-29-14-12-23)21(2)16-31(22(3)19-32)36(28,33)34/h5-15,21-22,27,32H,16-19H2,1-4H3/t21-,22+,27+/m0/s1. The van der Waals surface area contributed by atoms with Crippen LogP contribution in [-0.2, 0) is 16.6 Å². The maximum absolute atomic E-state index is 13.7. The average Bonchev–Trinajstić information content (AvgIpc) is 2.86. The van der Waals surface area contributed by atoms with Crippen molar-refractivity contribution in [2.75, 3.05) is 26.7 Å². The molecule has 2 heterocycles. The highest BCUT2D eigenvalue weighted by molar-refractivity contribution is 7.89. The quantitative estimate of drug-likeness (QED) is 0.519. The van der Waals surface area contributed by atoms with E-state index in [9.17, 15) is 13.5 Å². The summed E-state index contributed by atoms with van der Waals surface area (Å²) in [5, 5.41) is 9.86. The van der Waals surface area contributed by atoms with Crippen LogP contribution in [0.25, 0.3) is 11.1 Å². The summed E-state index contributed by atoms with van der Waals surface area (Å²) in [5.41, 5.74) is 4.18. The molecule has 0 bridgehead atoms. The number of pyridine rings is 1. The first-order valence-electron chi connectivity index (χ1n) is 12.3. The highest BCUT2D eigenvalue weighted by atomic mass is 32.2. The number of aliphatic hydroxyl groups excluding tert-OH is 1. The van der Waals surface area contributed by atoms with Gasteiger partial charge >= 0.3 is 0 Å². The first kappa shape index (κ1) is 26.3. The second-order valence-electron chi connectivity index (χ2n) is 9.77. The van der Waals surface area contributed by atoms with Gasteiger partial charge in [-0.1, -0.05) is 37.3 Å². The number of ether oxygens (including phenoxy) is 1. The zero-order chi connectivity index (χ0) is 25.9. The van der Waals surface area contributed by atoms with Gasteiger partial charge in [-0.25, -0.2) is 8.42 Å². The van der Waals surface area contributed by atoms with Gasteiger partial charge in [0.15, 0.2) is 0 Å². The molecule has 4 rings (SSSR count). The molecule has 36 heavy (non-hydrogen) atoms. The third kappa shape index (κ3) is 5.62. The van der Waals surface area contributed by atoms with E-state index in [1.165, 1.54) is 4.31 Å². The number of rotatable bonds is 7. The van der Waals surface area contributed by atoms with Gasteiger partial charge in [0.1, 0.15) is 16.7 Å². The van der Waals surface area contributed by atoms with Gasteiger partial charge in [0.2, 0.25) is 10.0 Å². The molecule has 3 atom stereocenters. The Morgan fingerprint density at radius 1 is 1.17 bits per heavy atom. The summed E-state index contributed by atoms with van der Waals surface area (Å²) >= 11 is 0. The van der Waals surface area contributed by atoms with Crippen LogP contribution in [0.2, 0.25) is 0 Å². The molecule has 0 saturated heterocycles. The number of likely N-dealkylation sites (N-methyl/N-ethyl adjacent to an activating group) is 1. The predicted octanol–water partition coefficient (Wildman–Crippen LogP) is 3.96. The second kappa shape index (κ2) is 11.1. The number of hydrogen-bond donors (Lipinski definition) is 1. The summed E-state index contributed by atoms with van der Waals surface area (Å²) in [6.07, 6.45) is 3.30. The van der Waals surface area contributed by atoms with Gasteiger partial charge in [-0.15, -0.1) is 0 Å². The zero-order valence-corrected chi connectivity index (χ0v) is 22.1. The molecular formula is C28H35N3O4S. The van der Waals surface area contributed by atoms with Crippen molar-refractivity contribution in [3.63, 3.8) is 0 Å². The third-order valence-electron chi connectivity index (χ3n) is 6.82. The maximum Gasteiger partial charge on any atom is 0.247 e. The fraction of sp³-hybridized carbons (Fsp3) is 0.393. The lowest BCUT2D eigenvalue weighted by Gasteiger charge is -2.37. The van der Waals surface area contributed by atoms with Gasteiger partial charge in [-0.2, -0.15) is 4.31 Å². The van der Waals surface area contributed by atoms with Crippen molar-refractivity contribution in [3.05, 3.63) is 78.1 Å². The Morgan fingerprint density at radius 2 is 1.89 bits per heavy atom. The van der Waals surface area contributed by atoms with E-state index in [0.717, 1.165) is 28.8 Å². The van der Waals surface area contributed by atoms with Gasteiger partial charge in [-0.3, -0.25) is 9.88 Å². The molecule has 0 aliphatic carbocycles. The van der Waals surface area contributed by atoms with E-state index >= 15 is 0 Å². The van der Waals surface area contributed by atoms with Crippen molar-refractivity contribution >= 4 is 10.0 Å². The number of aromatic nitrogens is 1. The van der Waals surface area contributed by atoms with Crippen molar-refractivity contribution in [2.45, 2.75) is 44.4 Å². The van der Waals surface area contributed by atoms with E-state index in [0.29, 0.717) is 12.3 Å². The molecule has 0 spiro atoms. The first-order valence-corrected chi connectivity index (χ1v) is 13.7. The van der Waals surface area contributed by atoms with Crippen LogP contribution in [0.4, 0.5) is 0 Å². The van der Waals surface area contributed by atoms with Crippen LogP contribution in [0.5, 0.6) is 5.75 Å². The van der Waals surface area contributed by atoms with Crippen molar-refractivity contribution in [3.8, 4) is 16.9 Å². The van der Waals surface area contributed by atoms with Crippen LogP contribution in [-0.4, -0.2) is 66.6 Å². The highest BCUT2D eigenvalue weighted by Gasteiger charge is 2.38. The summed E-state index contributed by atoms with van der Waals surface area (Å²) in [6.45, 7) is 7.12. The minimum absolute atomic E-state index is 0.107. The van der Waals surface area contributed by atoms with Crippen LogP contribution in [0, 0.1) is 12.8 Å². The van der Waals surface area contributed by atoms with Crippen LogP contribution < -0.4 is 4.74 Å². The fourth-order valence-electron chi connectivity index (χ4n) is 4.68. The highest BCUT2D eigenvalue weighted by Crippen LogP contribution is 2.37. The third-order valence-corrected chi connectivity index (χ3v) is 8.84. The molecule has 1 aliphatic rings. The summed E-state index contributed by atoms with van der Waals surface area (Å²) in [4.78, 5) is 6.40. The van der Waals surface area contributed by atoms with Crippen molar-refractivity contribution < 1.29 is 18.3 Å². The summed E-state index contributed by atoms with van der Waals surface area (Å²) in [5.74, 6) is 0.240. The van der Waals surface area contributed by atoms with Crippen LogP contribution in [0.15, 0.2) is 71.9 Å². The topological polar surface area (TPSA) is 83.0 Å². The minimum Gasteiger partial charge on any atom is -0.487 e. The lowest BCUT2D eigenvalue weighted by atomic mass is 10.00. The molecule has 2 aromatic carbocycles. The van der Waals surface area contributed by atoms with E-state index in [4.69, 9.17) is 4.74 Å². The molecule has 0 saturated carbocycles. The van der Waals surface area contributed by atoms with Crippen LogP contribution in [0.1, 0.15) is 25.0 Å². The van der Waals surface area contributed by atoms with Crippen molar-refractivity contribution in [1.82, 2.24) is 14.2 Å². The van der Waals surface area contributed by atoms with E-state index < -0.39 is 16.1 Å². The van der Waals surface area contributed by atoms with Gasteiger partial charge in [0, 0.05) is 44.0 Å². The molecular weight excluding hydrogens is 474 g/mol. The Bertz CT molecular complexity index is 1280. The Hall–Kier alpha value is -2.78. The molecule has 8 heteroatoms. The molecule has 1 aliphatic heterocycles. The van der Waals surface area contributed by atoms with E-state index in [-0.39, 0.29) is 30.1 Å². The van der Waals surface area contributed by atoms with E-state index in [2.05, 4.69) is 9.88 Å². The number of nitrogens with zero attached hydrogens (tertiary/aromatic N) is 3. The van der Waals surface area contributed by atoms with E-state index in [1.807, 2.05) is 69.4 Å². The molecule has 7 nitrogen and oxygen atoms in total. The fourth-order valence-corrected chi connectivity index (χ4v) is 6.51. The molecule has 0 fully saturated rings. The molecule has 0 unspecified atom stereocenters. The van der Waals surface area contributed by atoms with E-state index in [1.54, 1.807) is 25.4 Å². The number of aliphatic hydroxyl groups is 1. The summed E-state index contributed by atoms with van der Waals surface area (Å²) < 4.78 is 35.4. The Labute approximate surface area is 214 Å². The first-order chi connectivity index (χ1) is 17.2. The Morgan fingerprint density at radius 3 is 2.58 bits per heavy atom. The molecule has 3 aromatic rings. The number of fused-ring (bicyclic) bond motifs is 1.